The number of carboxylic acids is 1. The lowest BCUT2D eigenvalue weighted by Crippen LogP contribution is -2.22. The minimum absolute atomic E-state index is 0.00826. The summed E-state index contributed by atoms with van der Waals surface area (Å²) in [5.74, 6) is -0.794. The minimum atomic E-state index is -0.794. The van der Waals surface area contributed by atoms with Gasteiger partial charge < -0.3 is 10.0 Å². The van der Waals surface area contributed by atoms with Gasteiger partial charge in [-0.15, -0.1) is 0 Å². The molecule has 0 bridgehead atoms. The Morgan fingerprint density at radius 2 is 1.65 bits per heavy atom. The van der Waals surface area contributed by atoms with Gasteiger partial charge in [-0.2, -0.15) is 0 Å². The first kappa shape index (κ1) is 16.0. The van der Waals surface area contributed by atoms with Crippen molar-refractivity contribution in [2.75, 3.05) is 13.1 Å². The highest BCUT2D eigenvalue weighted by Gasteiger charge is 2.18. The monoisotopic (exact) mass is 241 g/mol. The molecule has 0 aromatic rings. The van der Waals surface area contributed by atoms with Crippen LogP contribution < -0.4 is 0 Å². The van der Waals surface area contributed by atoms with Crippen LogP contribution in [0.25, 0.3) is 0 Å². The van der Waals surface area contributed by atoms with Crippen molar-refractivity contribution in [2.45, 2.75) is 53.9 Å². The topological polar surface area (TPSA) is 40.5 Å². The van der Waals surface area contributed by atoms with Gasteiger partial charge in [-0.25, -0.2) is 4.79 Å². The molecule has 0 aliphatic rings. The Morgan fingerprint density at radius 1 is 1.18 bits per heavy atom. The van der Waals surface area contributed by atoms with Crippen LogP contribution in [0.15, 0.2) is 11.8 Å². The molecule has 0 saturated heterocycles. The fraction of sp³-hybridized carbons (Fsp3) is 0.786. The van der Waals surface area contributed by atoms with Gasteiger partial charge in [0.1, 0.15) is 0 Å². The summed E-state index contributed by atoms with van der Waals surface area (Å²) in [6.45, 7) is 12.3. The summed E-state index contributed by atoms with van der Waals surface area (Å²) in [6.07, 6.45) is 4.52. The highest BCUT2D eigenvalue weighted by molar-refractivity contribution is 5.86. The van der Waals surface area contributed by atoms with Gasteiger partial charge in [-0.3, -0.25) is 0 Å². The van der Waals surface area contributed by atoms with E-state index in [2.05, 4.69) is 39.5 Å². The van der Waals surface area contributed by atoms with E-state index in [4.69, 9.17) is 0 Å². The van der Waals surface area contributed by atoms with E-state index in [0.717, 1.165) is 25.9 Å². The quantitative estimate of drug-likeness (QED) is 0.693. The van der Waals surface area contributed by atoms with Crippen molar-refractivity contribution in [1.29, 1.82) is 0 Å². The molecule has 0 atom stereocenters. The largest absolute Gasteiger partial charge is 0.478 e. The first-order valence-electron chi connectivity index (χ1n) is 6.48. The summed E-state index contributed by atoms with van der Waals surface area (Å²) in [5, 5.41) is 9.23. The first-order valence-corrected chi connectivity index (χ1v) is 6.48. The maximum atomic E-state index is 11.2. The van der Waals surface area contributed by atoms with E-state index in [-0.39, 0.29) is 5.41 Å². The average Bonchev–Trinajstić information content (AvgIpc) is 2.15. The average molecular weight is 241 g/mol. The molecule has 100 valence electrons. The lowest BCUT2D eigenvalue weighted by molar-refractivity contribution is -0.133. The predicted octanol–water partition coefficient (Wildman–Crippen LogP) is 3.51. The van der Waals surface area contributed by atoms with Gasteiger partial charge in [0.05, 0.1) is 5.57 Å². The van der Waals surface area contributed by atoms with Crippen molar-refractivity contribution >= 4 is 5.97 Å². The molecule has 3 nitrogen and oxygen atoms in total. The van der Waals surface area contributed by atoms with Crippen LogP contribution in [0.2, 0.25) is 0 Å². The Labute approximate surface area is 106 Å². The Kier molecular flexibility index (Phi) is 6.93. The molecule has 0 saturated carbocycles. The third-order valence-corrected chi connectivity index (χ3v) is 2.36. The van der Waals surface area contributed by atoms with Crippen LogP contribution in [0.5, 0.6) is 0 Å². The SMILES string of the molecule is CCCN(C=C(CC(C)(C)C)C(=O)O)CCC. The Bertz CT molecular complexity index is 258. The highest BCUT2D eigenvalue weighted by atomic mass is 16.4. The van der Waals surface area contributed by atoms with Crippen molar-refractivity contribution in [3.8, 4) is 0 Å². The second kappa shape index (κ2) is 7.36. The van der Waals surface area contributed by atoms with E-state index in [1.165, 1.54) is 0 Å². The Morgan fingerprint density at radius 3 is 1.94 bits per heavy atom. The number of nitrogens with zero attached hydrogens (tertiary/aromatic N) is 1. The number of hydrogen-bond donors (Lipinski definition) is 1. The van der Waals surface area contributed by atoms with Gasteiger partial charge in [0.25, 0.3) is 0 Å². The molecule has 0 aliphatic carbocycles. The van der Waals surface area contributed by atoms with Crippen molar-refractivity contribution in [3.63, 3.8) is 0 Å². The smallest absolute Gasteiger partial charge is 0.333 e. The molecule has 0 fully saturated rings. The van der Waals surface area contributed by atoms with E-state index < -0.39 is 5.97 Å². The number of carbonyl (C=O) groups is 1. The van der Waals surface area contributed by atoms with E-state index in [1.807, 2.05) is 6.20 Å². The van der Waals surface area contributed by atoms with Gasteiger partial charge in [-0.1, -0.05) is 34.6 Å². The van der Waals surface area contributed by atoms with Crippen LogP contribution in [0.3, 0.4) is 0 Å². The molecular formula is C14H27NO2. The zero-order valence-corrected chi connectivity index (χ0v) is 11.9. The molecule has 0 heterocycles. The van der Waals surface area contributed by atoms with Gasteiger partial charge in [0.2, 0.25) is 0 Å². The van der Waals surface area contributed by atoms with Crippen LogP contribution in [0, 0.1) is 5.41 Å². The molecule has 0 rings (SSSR count). The molecule has 0 aromatic carbocycles. The molecular weight excluding hydrogens is 214 g/mol. The predicted molar refractivity (Wildman–Crippen MR) is 71.9 cm³/mol. The highest BCUT2D eigenvalue weighted by Crippen LogP contribution is 2.24. The molecule has 0 amide bonds. The molecule has 3 heteroatoms. The van der Waals surface area contributed by atoms with Crippen LogP contribution in [0.1, 0.15) is 53.9 Å². The van der Waals surface area contributed by atoms with E-state index in [0.29, 0.717) is 12.0 Å². The van der Waals surface area contributed by atoms with Crippen molar-refractivity contribution in [2.24, 2.45) is 5.41 Å². The molecule has 0 aliphatic heterocycles. The first-order chi connectivity index (χ1) is 7.80. The van der Waals surface area contributed by atoms with Crippen molar-refractivity contribution in [1.82, 2.24) is 4.90 Å². The normalized spacial score (nSPS) is 12.6. The van der Waals surface area contributed by atoms with Crippen molar-refractivity contribution < 1.29 is 9.90 Å². The fourth-order valence-electron chi connectivity index (χ4n) is 1.78. The number of carboxylic acid groups (broad SMARTS) is 1. The van der Waals surface area contributed by atoms with Crippen LogP contribution >= 0.6 is 0 Å². The standard InChI is InChI=1S/C14H27NO2/c1-6-8-15(9-7-2)11-12(13(16)17)10-14(3,4)5/h11H,6-10H2,1-5H3,(H,16,17). The van der Waals surface area contributed by atoms with E-state index in [1.54, 1.807) is 0 Å². The summed E-state index contributed by atoms with van der Waals surface area (Å²) in [6, 6.07) is 0. The van der Waals surface area contributed by atoms with Gasteiger partial charge in [-0.05, 0) is 24.7 Å². The van der Waals surface area contributed by atoms with Crippen LogP contribution in [-0.4, -0.2) is 29.1 Å². The summed E-state index contributed by atoms with van der Waals surface area (Å²) < 4.78 is 0. The number of rotatable bonds is 7. The summed E-state index contributed by atoms with van der Waals surface area (Å²) in [7, 11) is 0. The fourth-order valence-corrected chi connectivity index (χ4v) is 1.78. The van der Waals surface area contributed by atoms with E-state index >= 15 is 0 Å². The number of aliphatic carboxylic acids is 1. The van der Waals surface area contributed by atoms with Gasteiger partial charge >= 0.3 is 5.97 Å². The maximum absolute atomic E-state index is 11.2. The Hall–Kier alpha value is -0.990. The van der Waals surface area contributed by atoms with Gasteiger partial charge in [0.15, 0.2) is 0 Å². The zero-order valence-electron chi connectivity index (χ0n) is 11.9. The lowest BCUT2D eigenvalue weighted by Gasteiger charge is -2.23. The van der Waals surface area contributed by atoms with E-state index in [9.17, 15) is 9.90 Å². The molecule has 1 N–H and O–H groups in total. The second-order valence-corrected chi connectivity index (χ2v) is 5.73. The summed E-state index contributed by atoms with van der Waals surface area (Å²) in [5.41, 5.74) is 0.522. The maximum Gasteiger partial charge on any atom is 0.333 e. The number of hydrogen-bond acceptors (Lipinski definition) is 2. The third-order valence-electron chi connectivity index (χ3n) is 2.36. The Balaban J connectivity index is 4.80. The molecule has 0 aromatic heterocycles. The van der Waals surface area contributed by atoms with Crippen LogP contribution in [0.4, 0.5) is 0 Å². The third kappa shape index (κ3) is 7.83. The minimum Gasteiger partial charge on any atom is -0.478 e. The molecule has 0 unspecified atom stereocenters. The van der Waals surface area contributed by atoms with Gasteiger partial charge in [0, 0.05) is 19.3 Å². The zero-order chi connectivity index (χ0) is 13.5. The summed E-state index contributed by atoms with van der Waals surface area (Å²) >= 11 is 0. The second-order valence-electron chi connectivity index (χ2n) is 5.73. The molecule has 0 spiro atoms. The lowest BCUT2D eigenvalue weighted by atomic mass is 9.88. The molecule has 0 radical (unpaired) electrons. The van der Waals surface area contributed by atoms with Crippen molar-refractivity contribution in [3.05, 3.63) is 11.8 Å². The van der Waals surface area contributed by atoms with Crippen LogP contribution in [-0.2, 0) is 4.79 Å². The molecule has 17 heavy (non-hydrogen) atoms. The summed E-state index contributed by atoms with van der Waals surface area (Å²) in [4.78, 5) is 13.3.